The van der Waals surface area contributed by atoms with E-state index in [1.54, 1.807) is 13.0 Å². The molecule has 7 nitrogen and oxygen atoms in total. The minimum atomic E-state index is -0.508. The summed E-state index contributed by atoms with van der Waals surface area (Å²) in [7, 11) is 0. The van der Waals surface area contributed by atoms with E-state index in [-0.39, 0.29) is 11.4 Å². The molecule has 0 saturated heterocycles. The van der Waals surface area contributed by atoms with Crippen molar-refractivity contribution >= 4 is 28.9 Å². The van der Waals surface area contributed by atoms with E-state index in [1.807, 2.05) is 19.9 Å². The Morgan fingerprint density at radius 3 is 2.63 bits per heavy atom. The lowest BCUT2D eigenvalue weighted by molar-refractivity contribution is -0.110. The van der Waals surface area contributed by atoms with Gasteiger partial charge in [0.2, 0.25) is 5.71 Å². The molecule has 1 amide bonds. The number of carbonyl (C=O) groups is 1. The molecule has 2 rings (SSSR count). The van der Waals surface area contributed by atoms with Gasteiger partial charge in [0.05, 0.1) is 0 Å². The normalized spacial score (nSPS) is 13.7. The van der Waals surface area contributed by atoms with Crippen molar-refractivity contribution in [3.05, 3.63) is 28.9 Å². The number of pyridine rings is 1. The summed E-state index contributed by atoms with van der Waals surface area (Å²) in [6.45, 7) is 5.35. The van der Waals surface area contributed by atoms with Gasteiger partial charge in [0.1, 0.15) is 5.82 Å². The summed E-state index contributed by atoms with van der Waals surface area (Å²) in [5.74, 6) is -0.0852. The predicted octanol–water partition coefficient (Wildman–Crippen LogP) is 1.14. The Morgan fingerprint density at radius 1 is 1.26 bits per heavy atom. The number of anilines is 1. The van der Waals surface area contributed by atoms with Crippen molar-refractivity contribution in [2.45, 2.75) is 20.8 Å². The lowest BCUT2D eigenvalue weighted by atomic mass is 10.1. The van der Waals surface area contributed by atoms with Crippen LogP contribution in [0, 0.1) is 13.8 Å². The molecule has 0 radical (unpaired) electrons. The van der Waals surface area contributed by atoms with Crippen LogP contribution in [0.15, 0.2) is 22.3 Å². The summed E-state index contributed by atoms with van der Waals surface area (Å²) in [6, 6.07) is 3.64. The molecule has 0 atom stereocenters. The van der Waals surface area contributed by atoms with Crippen molar-refractivity contribution in [1.82, 2.24) is 4.98 Å². The highest BCUT2D eigenvalue weighted by atomic mass is 16.2. The topological polar surface area (TPSA) is 103 Å². The summed E-state index contributed by atoms with van der Waals surface area (Å²) < 4.78 is 0. The van der Waals surface area contributed by atoms with Crippen LogP contribution in [0.25, 0.3) is 5.53 Å². The van der Waals surface area contributed by atoms with Crippen LogP contribution in [0.5, 0.6) is 0 Å². The third-order valence-corrected chi connectivity index (χ3v) is 2.52. The molecule has 1 aliphatic rings. The molecule has 1 aromatic heterocycles. The average molecular weight is 256 g/mol. The summed E-state index contributed by atoms with van der Waals surface area (Å²) >= 11 is 0. The average Bonchev–Trinajstić information content (AvgIpc) is 2.68. The standard InChI is InChI=1S/C12H12N6O/c1-6-4-7(2)14-9(5-6)15-12(19)11-10(16-13)8(3)17-18-11/h4-5H,1-3H3,(H,14,15,19). The number of hydrogen-bond acceptors (Lipinski definition) is 4. The maximum Gasteiger partial charge on any atom is 0.371 e. The van der Waals surface area contributed by atoms with Crippen LogP contribution in [-0.2, 0) is 4.79 Å². The molecular weight excluding hydrogens is 244 g/mol. The van der Waals surface area contributed by atoms with Crippen molar-refractivity contribution in [3.63, 3.8) is 0 Å². The van der Waals surface area contributed by atoms with Crippen molar-refractivity contribution in [2.24, 2.45) is 10.2 Å². The van der Waals surface area contributed by atoms with Crippen LogP contribution >= 0.6 is 0 Å². The van der Waals surface area contributed by atoms with E-state index in [4.69, 9.17) is 5.53 Å². The second-order valence-electron chi connectivity index (χ2n) is 4.21. The van der Waals surface area contributed by atoms with E-state index >= 15 is 0 Å². The fraction of sp³-hybridized carbons (Fsp3) is 0.250. The van der Waals surface area contributed by atoms with Crippen LogP contribution in [0.1, 0.15) is 18.2 Å². The maximum atomic E-state index is 12.0. The second kappa shape index (κ2) is 4.91. The van der Waals surface area contributed by atoms with Crippen LogP contribution in [0.4, 0.5) is 5.82 Å². The monoisotopic (exact) mass is 256 g/mol. The number of rotatable bonds is 2. The predicted molar refractivity (Wildman–Crippen MR) is 71.5 cm³/mol. The molecule has 1 aliphatic heterocycles. The number of nitrogens with one attached hydrogen (secondary N) is 1. The fourth-order valence-electron chi connectivity index (χ4n) is 1.74. The Bertz CT molecular complexity index is 647. The van der Waals surface area contributed by atoms with Crippen LogP contribution in [0.2, 0.25) is 0 Å². The van der Waals surface area contributed by atoms with Crippen LogP contribution in [0.3, 0.4) is 0 Å². The second-order valence-corrected chi connectivity index (χ2v) is 4.21. The largest absolute Gasteiger partial charge is 0.371 e. The zero-order valence-electron chi connectivity index (χ0n) is 10.8. The molecule has 0 spiro atoms. The van der Waals surface area contributed by atoms with Gasteiger partial charge in [-0.3, -0.25) is 4.79 Å². The molecule has 0 aromatic carbocycles. The lowest BCUT2D eigenvalue weighted by Crippen LogP contribution is -2.32. The first-order chi connectivity index (χ1) is 9.01. The summed E-state index contributed by atoms with van der Waals surface area (Å²) in [6.07, 6.45) is 0. The summed E-state index contributed by atoms with van der Waals surface area (Å²) in [4.78, 5) is 19.2. The molecule has 0 unspecified atom stereocenters. The zero-order valence-corrected chi connectivity index (χ0v) is 10.8. The Hall–Kier alpha value is -2.66. The van der Waals surface area contributed by atoms with Gasteiger partial charge in [-0.25, -0.2) is 4.98 Å². The minimum Gasteiger partial charge on any atom is -0.361 e. The van der Waals surface area contributed by atoms with E-state index < -0.39 is 5.91 Å². The number of aromatic nitrogens is 1. The van der Waals surface area contributed by atoms with Gasteiger partial charge >= 0.3 is 5.71 Å². The molecule has 96 valence electrons. The molecule has 19 heavy (non-hydrogen) atoms. The van der Waals surface area contributed by atoms with Gasteiger partial charge in [-0.15, -0.1) is 10.2 Å². The molecule has 1 aromatic rings. The first-order valence-electron chi connectivity index (χ1n) is 5.63. The van der Waals surface area contributed by atoms with Gasteiger partial charge < -0.3 is 10.8 Å². The molecule has 0 aliphatic carbocycles. The van der Waals surface area contributed by atoms with Gasteiger partial charge in [0, 0.05) is 5.69 Å². The maximum absolute atomic E-state index is 12.0. The number of amides is 1. The first-order valence-corrected chi connectivity index (χ1v) is 5.63. The fourth-order valence-corrected chi connectivity index (χ4v) is 1.74. The zero-order chi connectivity index (χ0) is 14.0. The molecular formula is C12H12N6O. The van der Waals surface area contributed by atoms with Gasteiger partial charge in [-0.2, -0.15) is 4.79 Å². The Morgan fingerprint density at radius 2 is 2.00 bits per heavy atom. The van der Waals surface area contributed by atoms with E-state index in [0.717, 1.165) is 11.3 Å². The molecule has 1 N–H and O–H groups in total. The SMILES string of the molecule is CC1=NN=C(C(=O)Nc2cc(C)cc(C)n2)C1=[N+]=[N-]. The number of hydrogen-bond donors (Lipinski definition) is 1. The van der Waals surface area contributed by atoms with Gasteiger partial charge in [0.25, 0.3) is 5.91 Å². The van der Waals surface area contributed by atoms with Gasteiger partial charge in [0.15, 0.2) is 5.71 Å². The highest BCUT2D eigenvalue weighted by Gasteiger charge is 2.32. The van der Waals surface area contributed by atoms with E-state index in [0.29, 0.717) is 11.5 Å². The Labute approximate surface area is 109 Å². The number of nitrogens with zero attached hydrogens (tertiary/aromatic N) is 5. The molecule has 7 heteroatoms. The van der Waals surface area contributed by atoms with E-state index in [9.17, 15) is 4.79 Å². The lowest BCUT2D eigenvalue weighted by Gasteiger charge is -2.04. The summed E-state index contributed by atoms with van der Waals surface area (Å²) in [5, 5.41) is 9.99. The third kappa shape index (κ3) is 2.61. The van der Waals surface area contributed by atoms with Gasteiger partial charge in [-0.1, -0.05) is 0 Å². The number of aryl methyl sites for hydroxylation is 2. The van der Waals surface area contributed by atoms with Gasteiger partial charge in [-0.05, 0) is 38.5 Å². The van der Waals surface area contributed by atoms with Crippen molar-refractivity contribution in [1.29, 1.82) is 0 Å². The molecule has 0 saturated carbocycles. The first kappa shape index (κ1) is 12.8. The number of carbonyl (C=O) groups excluding carboxylic acids is 1. The van der Waals surface area contributed by atoms with E-state index in [2.05, 4.69) is 25.3 Å². The van der Waals surface area contributed by atoms with Crippen molar-refractivity contribution in [2.75, 3.05) is 5.32 Å². The molecule has 0 fully saturated rings. The smallest absolute Gasteiger partial charge is 0.361 e. The minimum absolute atomic E-state index is 0.0269. The van der Waals surface area contributed by atoms with Crippen molar-refractivity contribution < 1.29 is 9.58 Å². The quantitative estimate of drug-likeness (QED) is 0.633. The highest BCUT2D eigenvalue weighted by Crippen LogP contribution is 2.10. The Kier molecular flexibility index (Phi) is 3.31. The highest BCUT2D eigenvalue weighted by molar-refractivity contribution is 6.82. The third-order valence-electron chi connectivity index (χ3n) is 2.52. The van der Waals surface area contributed by atoms with Crippen LogP contribution < -0.4 is 5.32 Å². The Balaban J connectivity index is 2.21. The van der Waals surface area contributed by atoms with Crippen LogP contribution in [-0.4, -0.2) is 32.8 Å². The summed E-state index contributed by atoms with van der Waals surface area (Å²) in [5.41, 5.74) is 11.1. The molecule has 2 heterocycles. The van der Waals surface area contributed by atoms with Crippen molar-refractivity contribution in [3.8, 4) is 0 Å². The van der Waals surface area contributed by atoms with E-state index in [1.165, 1.54) is 0 Å². The molecule has 0 bridgehead atoms.